The Morgan fingerprint density at radius 3 is 2.25 bits per heavy atom. The minimum Gasteiger partial charge on any atom is -0.390 e. The van der Waals surface area contributed by atoms with Gasteiger partial charge >= 0.3 is 0 Å². The Balaban J connectivity index is 2.27. The number of fused-ring (bicyclic) bond motifs is 2. The first kappa shape index (κ1) is 12.4. The molecule has 2 heteroatoms. The molecular formula is C14H27NO. The first-order valence-electron chi connectivity index (χ1n) is 6.60. The maximum Gasteiger partial charge on any atom is 0.0684 e. The molecule has 0 aliphatic heterocycles. The number of aliphatic hydroxyl groups is 1. The molecule has 2 aliphatic rings. The first-order chi connectivity index (χ1) is 7.23. The third-order valence-corrected chi connectivity index (χ3v) is 5.83. The van der Waals surface area contributed by atoms with E-state index in [-0.39, 0.29) is 5.41 Å². The van der Waals surface area contributed by atoms with Gasteiger partial charge in [-0.3, -0.25) is 0 Å². The van der Waals surface area contributed by atoms with Crippen molar-refractivity contribution >= 4 is 0 Å². The monoisotopic (exact) mass is 225 g/mol. The maximum absolute atomic E-state index is 10.8. The lowest BCUT2D eigenvalue weighted by molar-refractivity contribution is -0.0936. The van der Waals surface area contributed by atoms with Crippen LogP contribution in [-0.2, 0) is 0 Å². The minimum atomic E-state index is -0.449. The Morgan fingerprint density at radius 2 is 1.88 bits per heavy atom. The van der Waals surface area contributed by atoms with Crippen molar-refractivity contribution in [1.29, 1.82) is 0 Å². The molecule has 16 heavy (non-hydrogen) atoms. The molecule has 0 heterocycles. The van der Waals surface area contributed by atoms with E-state index in [0.717, 1.165) is 25.3 Å². The highest BCUT2D eigenvalue weighted by Gasteiger charge is 2.68. The fourth-order valence-corrected chi connectivity index (χ4v) is 4.62. The molecule has 1 N–H and O–H groups in total. The van der Waals surface area contributed by atoms with E-state index in [1.54, 1.807) is 0 Å². The summed E-state index contributed by atoms with van der Waals surface area (Å²) >= 11 is 0. The molecule has 2 nitrogen and oxygen atoms in total. The molecule has 2 fully saturated rings. The molecule has 0 aromatic rings. The molecule has 2 aliphatic carbocycles. The van der Waals surface area contributed by atoms with Gasteiger partial charge < -0.3 is 10.0 Å². The molecule has 0 aromatic heterocycles. The van der Waals surface area contributed by atoms with Gasteiger partial charge in [0, 0.05) is 5.41 Å². The van der Waals surface area contributed by atoms with Gasteiger partial charge in [-0.15, -0.1) is 0 Å². The highest BCUT2D eigenvalue weighted by Crippen LogP contribution is 2.71. The lowest BCUT2D eigenvalue weighted by atomic mass is 9.61. The summed E-state index contributed by atoms with van der Waals surface area (Å²) < 4.78 is 0. The standard InChI is InChI=1S/C14H27NO/c1-12(2)11-6-7-14(12,8-9-15(4)5)13(3,16)10-11/h11,16H,6-10H2,1-5H3/t11?,13-,14+/m1/s1. The van der Waals surface area contributed by atoms with Gasteiger partial charge in [-0.25, -0.2) is 0 Å². The van der Waals surface area contributed by atoms with Crippen LogP contribution in [0.2, 0.25) is 0 Å². The van der Waals surface area contributed by atoms with Crippen LogP contribution in [0.3, 0.4) is 0 Å². The van der Waals surface area contributed by atoms with Crippen molar-refractivity contribution in [3.8, 4) is 0 Å². The molecule has 94 valence electrons. The normalized spacial score (nSPS) is 45.6. The van der Waals surface area contributed by atoms with Crippen LogP contribution in [0, 0.1) is 16.7 Å². The lowest BCUT2D eigenvalue weighted by Crippen LogP contribution is -2.48. The summed E-state index contributed by atoms with van der Waals surface area (Å²) in [7, 11) is 4.25. The van der Waals surface area contributed by atoms with Gasteiger partial charge in [0.2, 0.25) is 0 Å². The Hall–Kier alpha value is -0.0800. The zero-order valence-corrected chi connectivity index (χ0v) is 11.5. The summed E-state index contributed by atoms with van der Waals surface area (Å²) in [5, 5.41) is 10.8. The van der Waals surface area contributed by atoms with Crippen molar-refractivity contribution in [3.63, 3.8) is 0 Å². The Kier molecular flexibility index (Phi) is 2.67. The van der Waals surface area contributed by atoms with E-state index in [9.17, 15) is 5.11 Å². The summed E-state index contributed by atoms with van der Waals surface area (Å²) in [6.07, 6.45) is 4.67. The largest absolute Gasteiger partial charge is 0.390 e. The molecule has 0 radical (unpaired) electrons. The predicted octanol–water partition coefficient (Wildman–Crippen LogP) is 2.52. The summed E-state index contributed by atoms with van der Waals surface area (Å²) in [6.45, 7) is 7.92. The van der Waals surface area contributed by atoms with Crippen LogP contribution < -0.4 is 0 Å². The topological polar surface area (TPSA) is 23.5 Å². The molecule has 3 atom stereocenters. The summed E-state index contributed by atoms with van der Waals surface area (Å²) in [5.74, 6) is 0.727. The van der Waals surface area contributed by atoms with Crippen molar-refractivity contribution in [2.75, 3.05) is 20.6 Å². The fraction of sp³-hybridized carbons (Fsp3) is 1.00. The Morgan fingerprint density at radius 1 is 1.25 bits per heavy atom. The van der Waals surface area contributed by atoms with Crippen LogP contribution in [0.5, 0.6) is 0 Å². The summed E-state index contributed by atoms with van der Waals surface area (Å²) in [5.41, 5.74) is 0.0108. The maximum atomic E-state index is 10.8. The van der Waals surface area contributed by atoms with Gasteiger partial charge in [0.1, 0.15) is 0 Å². The van der Waals surface area contributed by atoms with Crippen LogP contribution in [0.1, 0.15) is 46.5 Å². The molecule has 0 spiro atoms. The Labute approximate surface area is 100 Å². The molecule has 2 rings (SSSR count). The van der Waals surface area contributed by atoms with Crippen LogP contribution in [0.4, 0.5) is 0 Å². The second kappa shape index (κ2) is 3.46. The van der Waals surface area contributed by atoms with E-state index in [1.807, 2.05) is 0 Å². The summed E-state index contributed by atoms with van der Waals surface area (Å²) in [6, 6.07) is 0. The van der Waals surface area contributed by atoms with Crippen LogP contribution >= 0.6 is 0 Å². The van der Waals surface area contributed by atoms with E-state index in [4.69, 9.17) is 0 Å². The SMILES string of the molecule is CN(C)CC[C@]12CCC(C[C@@]1(C)O)C2(C)C. The predicted molar refractivity (Wildman–Crippen MR) is 67.3 cm³/mol. The molecule has 0 amide bonds. The lowest BCUT2D eigenvalue weighted by Gasteiger charge is -2.47. The van der Waals surface area contributed by atoms with Crippen LogP contribution in [0.15, 0.2) is 0 Å². The van der Waals surface area contributed by atoms with Gasteiger partial charge in [-0.2, -0.15) is 0 Å². The molecule has 2 saturated carbocycles. The van der Waals surface area contributed by atoms with Gasteiger partial charge in [0.25, 0.3) is 0 Å². The van der Waals surface area contributed by atoms with E-state index < -0.39 is 5.60 Å². The highest BCUT2D eigenvalue weighted by atomic mass is 16.3. The minimum absolute atomic E-state index is 0.148. The first-order valence-corrected chi connectivity index (χ1v) is 6.60. The average molecular weight is 225 g/mol. The number of hydrogen-bond donors (Lipinski definition) is 1. The van der Waals surface area contributed by atoms with Crippen molar-refractivity contribution in [2.45, 2.75) is 52.1 Å². The average Bonchev–Trinajstić information content (AvgIpc) is 2.44. The molecule has 0 aromatic carbocycles. The van der Waals surface area contributed by atoms with Gasteiger partial charge in [0.05, 0.1) is 5.60 Å². The third kappa shape index (κ3) is 1.39. The quantitative estimate of drug-likeness (QED) is 0.798. The highest BCUT2D eigenvalue weighted by molar-refractivity contribution is 5.18. The van der Waals surface area contributed by atoms with Gasteiger partial charge in [-0.05, 0) is 64.6 Å². The van der Waals surface area contributed by atoms with Crippen molar-refractivity contribution < 1.29 is 5.11 Å². The molecular weight excluding hydrogens is 198 g/mol. The van der Waals surface area contributed by atoms with E-state index >= 15 is 0 Å². The molecule has 0 saturated heterocycles. The number of nitrogens with zero attached hydrogens (tertiary/aromatic N) is 1. The number of rotatable bonds is 3. The molecule has 2 bridgehead atoms. The van der Waals surface area contributed by atoms with Gasteiger partial charge in [-0.1, -0.05) is 13.8 Å². The van der Waals surface area contributed by atoms with Crippen molar-refractivity contribution in [1.82, 2.24) is 4.90 Å². The molecule has 1 unspecified atom stereocenters. The van der Waals surface area contributed by atoms with Crippen LogP contribution in [-0.4, -0.2) is 36.2 Å². The zero-order chi connectivity index (χ0) is 12.2. The smallest absolute Gasteiger partial charge is 0.0684 e. The second-order valence-corrected chi connectivity index (χ2v) is 7.07. The zero-order valence-electron chi connectivity index (χ0n) is 11.5. The fourth-order valence-electron chi connectivity index (χ4n) is 4.62. The number of hydrogen-bond acceptors (Lipinski definition) is 2. The second-order valence-electron chi connectivity index (χ2n) is 7.07. The van der Waals surface area contributed by atoms with Crippen LogP contribution in [0.25, 0.3) is 0 Å². The van der Waals surface area contributed by atoms with Crippen molar-refractivity contribution in [3.05, 3.63) is 0 Å². The summed E-state index contributed by atoms with van der Waals surface area (Å²) in [4.78, 5) is 2.24. The van der Waals surface area contributed by atoms with E-state index in [2.05, 4.69) is 39.8 Å². The van der Waals surface area contributed by atoms with E-state index in [0.29, 0.717) is 5.41 Å². The Bertz CT molecular complexity index is 282. The van der Waals surface area contributed by atoms with E-state index in [1.165, 1.54) is 12.8 Å². The third-order valence-electron chi connectivity index (χ3n) is 5.83. The van der Waals surface area contributed by atoms with Gasteiger partial charge in [0.15, 0.2) is 0 Å². The van der Waals surface area contributed by atoms with Crippen molar-refractivity contribution in [2.24, 2.45) is 16.7 Å².